The Morgan fingerprint density at radius 2 is 1.89 bits per heavy atom. The number of methoxy groups -OCH3 is 1. The molecule has 0 N–H and O–H groups in total. The van der Waals surface area contributed by atoms with E-state index in [2.05, 4.69) is 6.07 Å². The maximum Gasteiger partial charge on any atom is 0.125 e. The van der Waals surface area contributed by atoms with E-state index < -0.39 is 0 Å². The first-order valence-corrected chi connectivity index (χ1v) is 6.06. The quantitative estimate of drug-likeness (QED) is 0.851. The zero-order valence-electron chi connectivity index (χ0n) is 10.4. The van der Waals surface area contributed by atoms with Crippen LogP contribution in [0.5, 0.6) is 11.5 Å². The summed E-state index contributed by atoms with van der Waals surface area (Å²) in [6.07, 6.45) is 0. The van der Waals surface area contributed by atoms with Gasteiger partial charge in [-0.1, -0.05) is 11.6 Å². The number of nitriles is 1. The molecule has 2 aromatic rings. The van der Waals surface area contributed by atoms with Crippen LogP contribution in [-0.2, 0) is 6.61 Å². The Morgan fingerprint density at radius 3 is 2.53 bits per heavy atom. The lowest BCUT2D eigenvalue weighted by molar-refractivity contribution is 0.296. The van der Waals surface area contributed by atoms with Crippen molar-refractivity contribution in [3.8, 4) is 17.6 Å². The molecule has 3 nitrogen and oxygen atoms in total. The summed E-state index contributed by atoms with van der Waals surface area (Å²) in [6.45, 7) is 0.357. The van der Waals surface area contributed by atoms with E-state index in [-0.39, 0.29) is 0 Å². The van der Waals surface area contributed by atoms with Gasteiger partial charge >= 0.3 is 0 Å². The molecule has 96 valence electrons. The monoisotopic (exact) mass is 273 g/mol. The highest BCUT2D eigenvalue weighted by atomic mass is 35.5. The molecule has 19 heavy (non-hydrogen) atoms. The number of hydrogen-bond donors (Lipinski definition) is 0. The topological polar surface area (TPSA) is 42.2 Å². The van der Waals surface area contributed by atoms with Gasteiger partial charge in [0.25, 0.3) is 0 Å². The molecule has 0 saturated heterocycles. The Labute approximate surface area is 117 Å². The molecular formula is C15H12ClNO2. The van der Waals surface area contributed by atoms with Gasteiger partial charge in [-0.3, -0.25) is 0 Å². The van der Waals surface area contributed by atoms with Gasteiger partial charge in [0.1, 0.15) is 18.1 Å². The molecule has 0 bridgehead atoms. The van der Waals surface area contributed by atoms with E-state index in [1.165, 1.54) is 0 Å². The van der Waals surface area contributed by atoms with Crippen LogP contribution in [0.4, 0.5) is 0 Å². The number of halogens is 1. The first kappa shape index (κ1) is 13.3. The molecule has 0 radical (unpaired) electrons. The molecule has 0 saturated carbocycles. The van der Waals surface area contributed by atoms with Gasteiger partial charge in [-0.2, -0.15) is 5.26 Å². The van der Waals surface area contributed by atoms with Crippen molar-refractivity contribution in [2.24, 2.45) is 0 Å². The molecule has 0 aliphatic rings. The smallest absolute Gasteiger partial charge is 0.125 e. The van der Waals surface area contributed by atoms with Gasteiger partial charge in [-0.25, -0.2) is 0 Å². The molecule has 0 unspecified atom stereocenters. The average Bonchev–Trinajstić information content (AvgIpc) is 2.46. The Balaban J connectivity index is 2.09. The molecule has 0 fully saturated rings. The SMILES string of the molecule is COc1ccc(Cl)cc1COc1ccc(C#N)cc1. The summed E-state index contributed by atoms with van der Waals surface area (Å²) in [5, 5.41) is 9.35. The fourth-order valence-electron chi connectivity index (χ4n) is 1.65. The highest BCUT2D eigenvalue weighted by Crippen LogP contribution is 2.24. The van der Waals surface area contributed by atoms with Crippen molar-refractivity contribution in [3.63, 3.8) is 0 Å². The van der Waals surface area contributed by atoms with Gasteiger partial charge in [0.15, 0.2) is 0 Å². The number of nitrogens with zero attached hydrogens (tertiary/aromatic N) is 1. The highest BCUT2D eigenvalue weighted by Gasteiger charge is 2.05. The third-order valence-corrected chi connectivity index (χ3v) is 2.86. The van der Waals surface area contributed by atoms with Crippen molar-refractivity contribution in [1.82, 2.24) is 0 Å². The second-order valence-electron chi connectivity index (χ2n) is 3.88. The molecule has 0 aliphatic heterocycles. The standard InChI is InChI=1S/C15H12ClNO2/c1-18-15-7-4-13(16)8-12(15)10-19-14-5-2-11(9-17)3-6-14/h2-8H,10H2,1H3. The van der Waals surface area contributed by atoms with Crippen molar-refractivity contribution in [3.05, 3.63) is 58.6 Å². The Hall–Kier alpha value is -2.18. The van der Waals surface area contributed by atoms with E-state index in [0.717, 1.165) is 11.3 Å². The van der Waals surface area contributed by atoms with Crippen molar-refractivity contribution >= 4 is 11.6 Å². The summed E-state index contributed by atoms with van der Waals surface area (Å²) in [5.74, 6) is 1.43. The van der Waals surface area contributed by atoms with Crippen LogP contribution in [0.1, 0.15) is 11.1 Å². The molecule has 0 atom stereocenters. The van der Waals surface area contributed by atoms with E-state index >= 15 is 0 Å². The van der Waals surface area contributed by atoms with E-state index in [1.54, 1.807) is 43.5 Å². The van der Waals surface area contributed by atoms with Crippen molar-refractivity contribution in [2.75, 3.05) is 7.11 Å². The van der Waals surface area contributed by atoms with Crippen LogP contribution in [0.15, 0.2) is 42.5 Å². The summed E-state index contributed by atoms with van der Waals surface area (Å²) in [7, 11) is 1.61. The van der Waals surface area contributed by atoms with Crippen LogP contribution in [0.2, 0.25) is 5.02 Å². The van der Waals surface area contributed by atoms with Gasteiger partial charge in [0.05, 0.1) is 18.7 Å². The summed E-state index contributed by atoms with van der Waals surface area (Å²) in [4.78, 5) is 0. The van der Waals surface area contributed by atoms with Gasteiger partial charge < -0.3 is 9.47 Å². The predicted molar refractivity (Wildman–Crippen MR) is 73.5 cm³/mol. The van der Waals surface area contributed by atoms with E-state index in [9.17, 15) is 0 Å². The first-order chi connectivity index (χ1) is 9.22. The largest absolute Gasteiger partial charge is 0.496 e. The summed E-state index contributed by atoms with van der Waals surface area (Å²) >= 11 is 5.95. The van der Waals surface area contributed by atoms with Crippen LogP contribution in [0.25, 0.3) is 0 Å². The Kier molecular flexibility index (Phi) is 4.27. The molecule has 0 amide bonds. The van der Waals surface area contributed by atoms with Crippen molar-refractivity contribution in [2.45, 2.75) is 6.61 Å². The molecular weight excluding hydrogens is 262 g/mol. The van der Waals surface area contributed by atoms with Crippen LogP contribution < -0.4 is 9.47 Å². The minimum Gasteiger partial charge on any atom is -0.496 e. The van der Waals surface area contributed by atoms with Crippen LogP contribution >= 0.6 is 11.6 Å². The van der Waals surface area contributed by atoms with Crippen LogP contribution in [0, 0.1) is 11.3 Å². The Morgan fingerprint density at radius 1 is 1.16 bits per heavy atom. The predicted octanol–water partition coefficient (Wildman–Crippen LogP) is 3.80. The van der Waals surface area contributed by atoms with Gasteiger partial charge in [0, 0.05) is 10.6 Å². The van der Waals surface area contributed by atoms with Crippen molar-refractivity contribution < 1.29 is 9.47 Å². The normalized spacial score (nSPS) is 9.74. The maximum atomic E-state index is 8.71. The van der Waals surface area contributed by atoms with Gasteiger partial charge in [-0.05, 0) is 42.5 Å². The summed E-state index contributed by atoms with van der Waals surface area (Å²) in [5.41, 5.74) is 1.48. The average molecular weight is 274 g/mol. The molecule has 4 heteroatoms. The minimum atomic E-state index is 0.357. The first-order valence-electron chi connectivity index (χ1n) is 5.68. The van der Waals surface area contributed by atoms with Crippen LogP contribution in [0.3, 0.4) is 0 Å². The zero-order valence-corrected chi connectivity index (χ0v) is 11.1. The second kappa shape index (κ2) is 6.12. The third-order valence-electron chi connectivity index (χ3n) is 2.62. The number of benzene rings is 2. The highest BCUT2D eigenvalue weighted by molar-refractivity contribution is 6.30. The Bertz CT molecular complexity index is 603. The number of hydrogen-bond acceptors (Lipinski definition) is 3. The van der Waals surface area contributed by atoms with E-state index in [1.807, 2.05) is 6.07 Å². The third kappa shape index (κ3) is 3.40. The number of ether oxygens (including phenoxy) is 2. The minimum absolute atomic E-state index is 0.357. The van der Waals surface area contributed by atoms with E-state index in [0.29, 0.717) is 22.9 Å². The lowest BCUT2D eigenvalue weighted by Gasteiger charge is -2.10. The van der Waals surface area contributed by atoms with Gasteiger partial charge in [0.2, 0.25) is 0 Å². The lowest BCUT2D eigenvalue weighted by atomic mass is 10.2. The molecule has 0 heterocycles. The van der Waals surface area contributed by atoms with Gasteiger partial charge in [-0.15, -0.1) is 0 Å². The maximum absolute atomic E-state index is 8.71. The molecule has 0 spiro atoms. The summed E-state index contributed by atoms with van der Waals surface area (Å²) < 4.78 is 10.9. The zero-order chi connectivity index (χ0) is 13.7. The number of rotatable bonds is 4. The van der Waals surface area contributed by atoms with Crippen LogP contribution in [-0.4, -0.2) is 7.11 Å². The summed E-state index contributed by atoms with van der Waals surface area (Å²) in [6, 6.07) is 14.4. The molecule has 0 aromatic heterocycles. The lowest BCUT2D eigenvalue weighted by Crippen LogP contribution is -1.98. The molecule has 2 rings (SSSR count). The molecule has 2 aromatic carbocycles. The van der Waals surface area contributed by atoms with E-state index in [4.69, 9.17) is 26.3 Å². The van der Waals surface area contributed by atoms with Crippen molar-refractivity contribution in [1.29, 1.82) is 5.26 Å². The second-order valence-corrected chi connectivity index (χ2v) is 4.32. The molecule has 0 aliphatic carbocycles. The fourth-order valence-corrected chi connectivity index (χ4v) is 1.84. The fraction of sp³-hybridized carbons (Fsp3) is 0.133.